The van der Waals surface area contributed by atoms with Crippen LogP contribution in [0.3, 0.4) is 0 Å². The van der Waals surface area contributed by atoms with E-state index >= 15 is 0 Å². The van der Waals surface area contributed by atoms with Crippen LogP contribution in [0.4, 0.5) is 13.2 Å². The first-order valence-corrected chi connectivity index (χ1v) is 17.1. The predicted octanol–water partition coefficient (Wildman–Crippen LogP) is 3.99. The van der Waals surface area contributed by atoms with Crippen LogP contribution in [-0.2, 0) is 30.4 Å². The highest BCUT2D eigenvalue weighted by Crippen LogP contribution is 2.30. The number of hydrogen-bond donors (Lipinski definition) is 0. The van der Waals surface area contributed by atoms with Crippen molar-refractivity contribution in [2.24, 2.45) is 0 Å². The first-order valence-electron chi connectivity index (χ1n) is 14.0. The zero-order chi connectivity index (χ0) is 32.2. The molecule has 2 aromatic heterocycles. The molecular weight excluding hydrogens is 637 g/mol. The molecule has 0 aliphatic carbocycles. The summed E-state index contributed by atoms with van der Waals surface area (Å²) in [5.41, 5.74) is 0.107. The molecule has 0 N–H and O–H groups in total. The number of morpholine rings is 1. The second-order valence-corrected chi connectivity index (χ2v) is 14.0. The number of fused-ring (bicyclic) bond motifs is 1. The third-order valence-corrected chi connectivity index (χ3v) is 10.4. The Balaban J connectivity index is 1.39. The van der Waals surface area contributed by atoms with Gasteiger partial charge < -0.3 is 14.2 Å². The lowest BCUT2D eigenvalue weighted by atomic mass is 10.2. The van der Waals surface area contributed by atoms with E-state index < -0.39 is 43.6 Å². The zero-order valence-corrected chi connectivity index (χ0v) is 25.9. The van der Waals surface area contributed by atoms with E-state index in [9.17, 15) is 30.0 Å². The standard InChI is InChI=1S/C29H31F3N4O7S2/c1-21-25(33-12-11-27(21)43-20-29(30,31)32)19-44(37,38)28-34-24-5-2-3-6-26(24)36(28)45(39,40)23-9-7-22(8-10-23)42-16-4-13-35-14-17-41-18-15-35/h2-3,5-12H,4,13-20H2,1H3. The van der Waals surface area contributed by atoms with Crippen molar-refractivity contribution in [3.05, 3.63) is 72.1 Å². The number of hydrogen-bond acceptors (Lipinski definition) is 10. The maximum absolute atomic E-state index is 13.9. The van der Waals surface area contributed by atoms with Gasteiger partial charge in [-0.15, -0.1) is 0 Å². The number of para-hydroxylation sites is 2. The molecule has 0 saturated carbocycles. The molecule has 4 aromatic rings. The molecule has 11 nitrogen and oxygen atoms in total. The van der Waals surface area contributed by atoms with Gasteiger partial charge in [0.25, 0.3) is 10.0 Å². The number of rotatable bonds is 12. The van der Waals surface area contributed by atoms with E-state index in [0.717, 1.165) is 32.3 Å². The van der Waals surface area contributed by atoms with Crippen LogP contribution < -0.4 is 9.47 Å². The zero-order valence-electron chi connectivity index (χ0n) is 24.2. The third kappa shape index (κ3) is 7.74. The average molecular weight is 669 g/mol. The van der Waals surface area contributed by atoms with Gasteiger partial charge in [0.15, 0.2) is 6.61 Å². The summed E-state index contributed by atoms with van der Waals surface area (Å²) in [6.07, 6.45) is -2.71. The quantitative estimate of drug-likeness (QED) is 0.204. The number of pyridine rings is 1. The summed E-state index contributed by atoms with van der Waals surface area (Å²) in [5, 5.41) is -0.755. The summed E-state index contributed by atoms with van der Waals surface area (Å²) >= 11 is 0. The van der Waals surface area contributed by atoms with Gasteiger partial charge in [-0.25, -0.2) is 25.8 Å². The number of ether oxygens (including phenoxy) is 3. The van der Waals surface area contributed by atoms with Gasteiger partial charge in [0.2, 0.25) is 15.0 Å². The van der Waals surface area contributed by atoms with Gasteiger partial charge in [0.1, 0.15) is 17.3 Å². The van der Waals surface area contributed by atoms with Gasteiger partial charge in [-0.2, -0.15) is 13.2 Å². The Hall–Kier alpha value is -3.73. The minimum absolute atomic E-state index is 0.0338. The van der Waals surface area contributed by atoms with Crippen molar-refractivity contribution >= 4 is 30.9 Å². The van der Waals surface area contributed by atoms with Crippen LogP contribution in [0.1, 0.15) is 17.7 Å². The molecule has 5 rings (SSSR count). The first-order chi connectivity index (χ1) is 21.3. The molecule has 45 heavy (non-hydrogen) atoms. The van der Waals surface area contributed by atoms with Crippen molar-refractivity contribution < 1.29 is 44.2 Å². The topological polar surface area (TPSA) is 130 Å². The van der Waals surface area contributed by atoms with Gasteiger partial charge in [-0.05, 0) is 55.8 Å². The lowest BCUT2D eigenvalue weighted by Crippen LogP contribution is -2.37. The second-order valence-electron chi connectivity index (χ2n) is 10.3. The van der Waals surface area contributed by atoms with Gasteiger partial charge >= 0.3 is 6.18 Å². The summed E-state index contributed by atoms with van der Waals surface area (Å²) in [4.78, 5) is 10.2. The molecule has 242 valence electrons. The van der Waals surface area contributed by atoms with Crippen LogP contribution >= 0.6 is 0 Å². The number of halogens is 3. The van der Waals surface area contributed by atoms with Crippen LogP contribution in [0.2, 0.25) is 0 Å². The van der Waals surface area contributed by atoms with Crippen LogP contribution in [-0.4, -0.2) is 87.9 Å². The average Bonchev–Trinajstić information content (AvgIpc) is 3.42. The number of aromatic nitrogens is 3. The molecule has 1 saturated heterocycles. The molecule has 0 spiro atoms. The Morgan fingerprint density at radius 1 is 0.956 bits per heavy atom. The van der Waals surface area contributed by atoms with Crippen molar-refractivity contribution in [3.8, 4) is 11.5 Å². The van der Waals surface area contributed by atoms with E-state index in [0.29, 0.717) is 29.5 Å². The van der Waals surface area contributed by atoms with Crippen LogP contribution in [0, 0.1) is 6.92 Å². The van der Waals surface area contributed by atoms with E-state index in [1.54, 1.807) is 12.1 Å². The fourth-order valence-electron chi connectivity index (χ4n) is 4.79. The van der Waals surface area contributed by atoms with E-state index in [-0.39, 0.29) is 32.9 Å². The van der Waals surface area contributed by atoms with Gasteiger partial charge in [-0.1, -0.05) is 12.1 Å². The molecule has 0 amide bonds. The summed E-state index contributed by atoms with van der Waals surface area (Å²) in [5.74, 6) is -0.580. The van der Waals surface area contributed by atoms with Gasteiger partial charge in [0.05, 0.1) is 41.4 Å². The smallest absolute Gasteiger partial charge is 0.422 e. The molecule has 3 heterocycles. The van der Waals surface area contributed by atoms with Crippen molar-refractivity contribution in [1.82, 2.24) is 18.8 Å². The SMILES string of the molecule is Cc1c(OCC(F)(F)F)ccnc1CS(=O)(=O)c1nc2ccccc2n1S(=O)(=O)c1ccc(OCCCN2CCOCC2)cc1. The van der Waals surface area contributed by atoms with Crippen LogP contribution in [0.25, 0.3) is 11.0 Å². The fourth-order valence-corrected chi connectivity index (χ4v) is 8.15. The Bertz CT molecular complexity index is 1860. The number of imidazole rings is 1. The maximum atomic E-state index is 13.9. The van der Waals surface area contributed by atoms with Crippen LogP contribution in [0.15, 0.2) is 70.8 Å². The summed E-state index contributed by atoms with van der Waals surface area (Å²) in [7, 11) is -9.01. The molecule has 1 aliphatic heterocycles. The lowest BCUT2D eigenvalue weighted by molar-refractivity contribution is -0.153. The van der Waals surface area contributed by atoms with E-state index in [2.05, 4.69) is 14.9 Å². The predicted molar refractivity (Wildman–Crippen MR) is 158 cm³/mol. The second kappa shape index (κ2) is 13.3. The van der Waals surface area contributed by atoms with Crippen molar-refractivity contribution in [2.45, 2.75) is 35.3 Å². The molecule has 0 radical (unpaired) electrons. The monoisotopic (exact) mass is 668 g/mol. The summed E-state index contributed by atoms with van der Waals surface area (Å²) in [6, 6.07) is 12.9. The first kappa shape index (κ1) is 32.7. The number of benzene rings is 2. The Morgan fingerprint density at radius 3 is 2.38 bits per heavy atom. The molecular formula is C29H31F3N4O7S2. The normalized spacial score (nSPS) is 14.9. The Morgan fingerprint density at radius 2 is 1.67 bits per heavy atom. The van der Waals surface area contributed by atoms with E-state index in [1.165, 1.54) is 49.4 Å². The van der Waals surface area contributed by atoms with Gasteiger partial charge in [0, 0.05) is 31.4 Å². The van der Waals surface area contributed by atoms with Crippen molar-refractivity contribution in [3.63, 3.8) is 0 Å². The lowest BCUT2D eigenvalue weighted by Gasteiger charge is -2.26. The Labute approximate surface area is 258 Å². The largest absolute Gasteiger partial charge is 0.494 e. The molecule has 0 unspecified atom stereocenters. The summed E-state index contributed by atoms with van der Waals surface area (Å²) < 4.78 is 110. The Kier molecular flexibility index (Phi) is 9.67. The highest BCUT2D eigenvalue weighted by Gasteiger charge is 2.33. The third-order valence-electron chi connectivity index (χ3n) is 7.10. The highest BCUT2D eigenvalue weighted by molar-refractivity contribution is 7.93. The minimum Gasteiger partial charge on any atom is -0.494 e. The van der Waals surface area contributed by atoms with Crippen LogP contribution in [0.5, 0.6) is 11.5 Å². The van der Waals surface area contributed by atoms with E-state index in [1.807, 2.05) is 0 Å². The summed E-state index contributed by atoms with van der Waals surface area (Å²) in [6.45, 7) is 4.21. The molecule has 0 atom stereocenters. The fraction of sp³-hybridized carbons (Fsp3) is 0.379. The molecule has 1 fully saturated rings. The number of nitrogens with zero attached hydrogens (tertiary/aromatic N) is 4. The highest BCUT2D eigenvalue weighted by atomic mass is 32.2. The molecule has 2 aromatic carbocycles. The van der Waals surface area contributed by atoms with Crippen molar-refractivity contribution in [2.75, 3.05) is 46.1 Å². The molecule has 16 heteroatoms. The minimum atomic E-state index is -4.60. The number of sulfone groups is 1. The molecule has 1 aliphatic rings. The maximum Gasteiger partial charge on any atom is 0.422 e. The van der Waals surface area contributed by atoms with Gasteiger partial charge in [-0.3, -0.25) is 9.88 Å². The molecule has 0 bridgehead atoms. The van der Waals surface area contributed by atoms with Crippen molar-refractivity contribution in [1.29, 1.82) is 0 Å². The number of alkyl halides is 3. The van der Waals surface area contributed by atoms with E-state index in [4.69, 9.17) is 14.2 Å².